The first-order valence-corrected chi connectivity index (χ1v) is 8.85. The van der Waals surface area contributed by atoms with Gasteiger partial charge in [0.05, 0.1) is 17.2 Å². The van der Waals surface area contributed by atoms with Crippen LogP contribution in [0.1, 0.15) is 18.2 Å². The first kappa shape index (κ1) is 13.9. The molecule has 0 aliphatic carbocycles. The molecule has 102 valence electrons. The minimum absolute atomic E-state index is 0.00338. The Labute approximate surface area is 116 Å². The second-order valence-corrected chi connectivity index (χ2v) is 7.59. The van der Waals surface area contributed by atoms with Crippen LogP contribution in [0.5, 0.6) is 0 Å². The SMILES string of the molecule is Cc1nn(C)c(N2CCS(=O)(=O)CC2C)c1CBr. The monoisotopic (exact) mass is 335 g/mol. The third-order valence-electron chi connectivity index (χ3n) is 3.39. The van der Waals surface area contributed by atoms with Crippen molar-refractivity contribution < 1.29 is 8.42 Å². The van der Waals surface area contributed by atoms with E-state index in [1.165, 1.54) is 0 Å². The molecule has 7 heteroatoms. The van der Waals surface area contributed by atoms with Crippen LogP contribution in [0.4, 0.5) is 5.82 Å². The average molecular weight is 336 g/mol. The predicted molar refractivity (Wildman–Crippen MR) is 76.0 cm³/mol. The van der Waals surface area contributed by atoms with E-state index >= 15 is 0 Å². The largest absolute Gasteiger partial charge is 0.352 e. The maximum Gasteiger partial charge on any atom is 0.154 e. The molecule has 0 bridgehead atoms. The lowest BCUT2D eigenvalue weighted by molar-refractivity contribution is 0.561. The molecule has 1 aliphatic rings. The van der Waals surface area contributed by atoms with Gasteiger partial charge in [-0.1, -0.05) is 15.9 Å². The number of hydrogen-bond donors (Lipinski definition) is 0. The molecule has 18 heavy (non-hydrogen) atoms. The summed E-state index contributed by atoms with van der Waals surface area (Å²) in [6.45, 7) is 4.48. The molecular formula is C11H18BrN3O2S. The zero-order chi connectivity index (χ0) is 13.5. The maximum absolute atomic E-state index is 11.6. The number of anilines is 1. The van der Waals surface area contributed by atoms with Crippen molar-refractivity contribution >= 4 is 31.6 Å². The van der Waals surface area contributed by atoms with E-state index in [1.807, 2.05) is 25.6 Å². The maximum atomic E-state index is 11.6. The second kappa shape index (κ2) is 4.85. The fraction of sp³-hybridized carbons (Fsp3) is 0.727. The van der Waals surface area contributed by atoms with Gasteiger partial charge in [0.25, 0.3) is 0 Å². The normalized spacial score (nSPS) is 23.3. The van der Waals surface area contributed by atoms with Crippen molar-refractivity contribution in [2.24, 2.45) is 7.05 Å². The Morgan fingerprint density at radius 3 is 2.72 bits per heavy atom. The fourth-order valence-electron chi connectivity index (χ4n) is 2.52. The van der Waals surface area contributed by atoms with Crippen LogP contribution in [0, 0.1) is 6.92 Å². The van der Waals surface area contributed by atoms with Crippen LogP contribution in [0.25, 0.3) is 0 Å². The minimum Gasteiger partial charge on any atom is -0.352 e. The van der Waals surface area contributed by atoms with E-state index in [1.54, 1.807) is 0 Å². The summed E-state index contributed by atoms with van der Waals surface area (Å²) in [4.78, 5) is 2.15. The molecule has 2 rings (SSSR count). The van der Waals surface area contributed by atoms with Gasteiger partial charge in [0, 0.05) is 30.5 Å². The van der Waals surface area contributed by atoms with Crippen LogP contribution in [0.15, 0.2) is 0 Å². The van der Waals surface area contributed by atoms with E-state index in [0.717, 1.165) is 22.4 Å². The first-order chi connectivity index (χ1) is 8.35. The molecule has 5 nitrogen and oxygen atoms in total. The van der Waals surface area contributed by atoms with Crippen molar-refractivity contribution in [3.8, 4) is 0 Å². The van der Waals surface area contributed by atoms with Crippen molar-refractivity contribution in [2.45, 2.75) is 25.2 Å². The van der Waals surface area contributed by atoms with Gasteiger partial charge in [0.1, 0.15) is 5.82 Å². The number of rotatable bonds is 2. The lowest BCUT2D eigenvalue weighted by Crippen LogP contribution is -2.48. The molecule has 0 N–H and O–H groups in total. The van der Waals surface area contributed by atoms with E-state index in [-0.39, 0.29) is 17.5 Å². The molecule has 0 aromatic carbocycles. The second-order valence-electron chi connectivity index (χ2n) is 4.80. The lowest BCUT2D eigenvalue weighted by Gasteiger charge is -2.35. The van der Waals surface area contributed by atoms with Gasteiger partial charge in [0.2, 0.25) is 0 Å². The molecule has 1 aromatic heterocycles. The van der Waals surface area contributed by atoms with Gasteiger partial charge in [-0.3, -0.25) is 4.68 Å². The lowest BCUT2D eigenvalue weighted by atomic mass is 10.2. The van der Waals surface area contributed by atoms with Gasteiger partial charge < -0.3 is 4.90 Å². The van der Waals surface area contributed by atoms with Gasteiger partial charge in [0.15, 0.2) is 9.84 Å². The molecule has 1 saturated heterocycles. The van der Waals surface area contributed by atoms with Gasteiger partial charge in [-0.25, -0.2) is 8.42 Å². The Balaban J connectivity index is 2.38. The standard InChI is InChI=1S/C11H18BrN3O2S/c1-8-7-18(16,17)5-4-15(8)11-10(6-12)9(2)13-14(11)3/h8H,4-7H2,1-3H3. The fourth-order valence-corrected chi connectivity index (χ4v) is 4.73. The highest BCUT2D eigenvalue weighted by Crippen LogP contribution is 2.28. The Morgan fingerprint density at radius 2 is 2.17 bits per heavy atom. The molecule has 2 heterocycles. The molecule has 0 radical (unpaired) electrons. The number of aryl methyl sites for hydroxylation is 2. The number of hydrogen-bond acceptors (Lipinski definition) is 4. The van der Waals surface area contributed by atoms with E-state index in [9.17, 15) is 8.42 Å². The number of halogens is 1. The summed E-state index contributed by atoms with van der Waals surface area (Å²) in [5.74, 6) is 1.48. The van der Waals surface area contributed by atoms with Gasteiger partial charge >= 0.3 is 0 Å². The third-order valence-corrected chi connectivity index (χ3v) is 5.74. The van der Waals surface area contributed by atoms with E-state index in [4.69, 9.17) is 0 Å². The topological polar surface area (TPSA) is 55.2 Å². The predicted octanol–water partition coefficient (Wildman–Crippen LogP) is 1.25. The van der Waals surface area contributed by atoms with E-state index < -0.39 is 9.84 Å². The van der Waals surface area contributed by atoms with Crippen LogP contribution in [-0.4, -0.2) is 42.3 Å². The number of nitrogens with zero attached hydrogens (tertiary/aromatic N) is 3. The highest BCUT2D eigenvalue weighted by atomic mass is 79.9. The van der Waals surface area contributed by atoms with Gasteiger partial charge in [-0.15, -0.1) is 0 Å². The summed E-state index contributed by atoms with van der Waals surface area (Å²) in [6.07, 6.45) is 0. The Kier molecular flexibility index (Phi) is 3.73. The van der Waals surface area contributed by atoms with Crippen LogP contribution in [-0.2, 0) is 22.2 Å². The molecule has 1 aliphatic heterocycles. The highest BCUT2D eigenvalue weighted by Gasteiger charge is 2.31. The first-order valence-electron chi connectivity index (χ1n) is 5.91. The van der Waals surface area contributed by atoms with Gasteiger partial charge in [-0.2, -0.15) is 5.10 Å². The molecule has 0 saturated carbocycles. The van der Waals surface area contributed by atoms with E-state index in [2.05, 4.69) is 25.9 Å². The van der Waals surface area contributed by atoms with E-state index in [0.29, 0.717) is 6.54 Å². The Hall–Kier alpha value is -0.560. The zero-order valence-corrected chi connectivity index (χ0v) is 13.3. The molecule has 1 fully saturated rings. The molecule has 1 aromatic rings. The molecular weight excluding hydrogens is 318 g/mol. The van der Waals surface area contributed by atoms with Crippen molar-refractivity contribution in [2.75, 3.05) is 23.0 Å². The van der Waals surface area contributed by atoms with Crippen LogP contribution in [0.3, 0.4) is 0 Å². The third kappa shape index (κ3) is 2.42. The molecule has 1 atom stereocenters. The smallest absolute Gasteiger partial charge is 0.154 e. The Bertz CT molecular complexity index is 553. The van der Waals surface area contributed by atoms with Crippen molar-refractivity contribution in [3.63, 3.8) is 0 Å². The highest BCUT2D eigenvalue weighted by molar-refractivity contribution is 9.08. The van der Waals surface area contributed by atoms with Crippen LogP contribution < -0.4 is 4.90 Å². The van der Waals surface area contributed by atoms with Crippen LogP contribution in [0.2, 0.25) is 0 Å². The summed E-state index contributed by atoms with van der Waals surface area (Å²) in [5.41, 5.74) is 2.13. The molecule has 0 amide bonds. The summed E-state index contributed by atoms with van der Waals surface area (Å²) in [7, 11) is -0.974. The summed E-state index contributed by atoms with van der Waals surface area (Å²) >= 11 is 3.48. The zero-order valence-electron chi connectivity index (χ0n) is 10.9. The number of alkyl halides is 1. The number of aromatic nitrogens is 2. The molecule has 1 unspecified atom stereocenters. The van der Waals surface area contributed by atoms with Crippen molar-refractivity contribution in [1.29, 1.82) is 0 Å². The van der Waals surface area contributed by atoms with Crippen LogP contribution >= 0.6 is 15.9 Å². The summed E-state index contributed by atoms with van der Waals surface area (Å²) in [5, 5.41) is 5.16. The molecule has 0 spiro atoms. The average Bonchev–Trinajstić information content (AvgIpc) is 2.52. The van der Waals surface area contributed by atoms with Crippen molar-refractivity contribution in [3.05, 3.63) is 11.3 Å². The Morgan fingerprint density at radius 1 is 1.50 bits per heavy atom. The summed E-state index contributed by atoms with van der Waals surface area (Å²) in [6, 6.07) is -0.00338. The minimum atomic E-state index is -2.88. The van der Waals surface area contributed by atoms with Gasteiger partial charge in [-0.05, 0) is 13.8 Å². The summed E-state index contributed by atoms with van der Waals surface area (Å²) < 4.78 is 25.1. The van der Waals surface area contributed by atoms with Crippen molar-refractivity contribution in [1.82, 2.24) is 9.78 Å². The quantitative estimate of drug-likeness (QED) is 0.763. The number of sulfone groups is 1.